The lowest BCUT2D eigenvalue weighted by atomic mass is 10.1. The van der Waals surface area contributed by atoms with E-state index in [0.717, 1.165) is 18.6 Å². The van der Waals surface area contributed by atoms with Gasteiger partial charge in [-0.05, 0) is 37.5 Å². The normalized spacial score (nSPS) is 16.8. The molecule has 1 N–H and O–H groups in total. The van der Waals surface area contributed by atoms with Crippen molar-refractivity contribution in [1.82, 2.24) is 19.7 Å². The average Bonchev–Trinajstić information content (AvgIpc) is 2.84. The third-order valence-electron chi connectivity index (χ3n) is 4.92. The monoisotopic (exact) mass is 412 g/mol. The van der Waals surface area contributed by atoms with Gasteiger partial charge in [0.2, 0.25) is 0 Å². The fourth-order valence-electron chi connectivity index (χ4n) is 3.41. The molecule has 1 atom stereocenters. The van der Waals surface area contributed by atoms with E-state index in [1.54, 1.807) is 4.57 Å². The molecule has 0 spiro atoms. The largest absolute Gasteiger partial charge is 0.497 e. The molecule has 1 aliphatic rings. The highest BCUT2D eigenvalue weighted by atomic mass is 19.4. The number of carbonyl (C=O) groups is 1. The fraction of sp³-hybridized carbons (Fsp3) is 0.526. The molecular weight excluding hydrogens is 389 g/mol. The summed E-state index contributed by atoms with van der Waals surface area (Å²) in [6.45, 7) is 2.91. The van der Waals surface area contributed by atoms with Gasteiger partial charge in [-0.3, -0.25) is 9.36 Å². The van der Waals surface area contributed by atoms with Crippen LogP contribution in [-0.4, -0.2) is 33.4 Å². The fourth-order valence-corrected chi connectivity index (χ4v) is 3.41. The molecular formula is C19H23F3N4O3. The number of amides is 1. The summed E-state index contributed by atoms with van der Waals surface area (Å²) < 4.78 is 47.2. The minimum atomic E-state index is -4.58. The minimum Gasteiger partial charge on any atom is -0.497 e. The van der Waals surface area contributed by atoms with Crippen LogP contribution < -0.4 is 15.7 Å². The third kappa shape index (κ3) is 4.63. The number of hydrogen-bond donors (Lipinski definition) is 1. The molecule has 1 aromatic heterocycles. The van der Waals surface area contributed by atoms with Crippen LogP contribution >= 0.6 is 0 Å². The van der Waals surface area contributed by atoms with Gasteiger partial charge in [-0.1, -0.05) is 6.92 Å². The molecule has 158 valence electrons. The van der Waals surface area contributed by atoms with Crippen LogP contribution in [0.1, 0.15) is 47.9 Å². The molecule has 1 aliphatic heterocycles. The van der Waals surface area contributed by atoms with Gasteiger partial charge in [0.15, 0.2) is 0 Å². The predicted molar refractivity (Wildman–Crippen MR) is 99.0 cm³/mol. The molecule has 1 aromatic carbocycles. The number of aromatic nitrogens is 3. The van der Waals surface area contributed by atoms with Crippen molar-refractivity contribution in [2.24, 2.45) is 0 Å². The van der Waals surface area contributed by atoms with Crippen LogP contribution in [0.3, 0.4) is 0 Å². The van der Waals surface area contributed by atoms with Gasteiger partial charge in [0.1, 0.15) is 11.6 Å². The summed E-state index contributed by atoms with van der Waals surface area (Å²) >= 11 is 0. The van der Waals surface area contributed by atoms with Crippen LogP contribution in [0.25, 0.3) is 0 Å². The van der Waals surface area contributed by atoms with E-state index in [9.17, 15) is 22.8 Å². The van der Waals surface area contributed by atoms with Crippen LogP contribution in [0.4, 0.5) is 13.2 Å². The van der Waals surface area contributed by atoms with Gasteiger partial charge in [0.25, 0.3) is 5.91 Å². The molecule has 2 heterocycles. The first kappa shape index (κ1) is 20.9. The lowest BCUT2D eigenvalue weighted by molar-refractivity contribution is -0.137. The van der Waals surface area contributed by atoms with E-state index >= 15 is 0 Å². The van der Waals surface area contributed by atoms with Gasteiger partial charge in [0.05, 0.1) is 12.7 Å². The number of methoxy groups -OCH3 is 1. The number of fused-ring (bicyclic) bond motifs is 1. The Morgan fingerprint density at radius 1 is 1.31 bits per heavy atom. The minimum absolute atomic E-state index is 0.0394. The summed E-state index contributed by atoms with van der Waals surface area (Å²) in [5.74, 6) is 0.0192. The average molecular weight is 412 g/mol. The van der Waals surface area contributed by atoms with Crippen LogP contribution in [0, 0.1) is 0 Å². The number of aryl methyl sites for hydroxylation is 2. The molecule has 0 fully saturated rings. The zero-order valence-electron chi connectivity index (χ0n) is 16.3. The quantitative estimate of drug-likeness (QED) is 0.819. The molecule has 29 heavy (non-hydrogen) atoms. The van der Waals surface area contributed by atoms with E-state index < -0.39 is 17.6 Å². The Bertz CT molecular complexity index is 949. The maximum Gasteiger partial charge on any atom is 0.416 e. The van der Waals surface area contributed by atoms with Crippen LogP contribution in [0.2, 0.25) is 0 Å². The number of rotatable bonds is 5. The Morgan fingerprint density at radius 2 is 2.07 bits per heavy atom. The van der Waals surface area contributed by atoms with Crippen molar-refractivity contribution in [3.05, 3.63) is 45.6 Å². The summed E-state index contributed by atoms with van der Waals surface area (Å²) in [6.07, 6.45) is -2.24. The van der Waals surface area contributed by atoms with Crippen LogP contribution in [-0.2, 0) is 25.7 Å². The Balaban J connectivity index is 1.73. The molecule has 0 saturated carbocycles. The van der Waals surface area contributed by atoms with E-state index in [2.05, 4.69) is 10.4 Å². The van der Waals surface area contributed by atoms with Crippen molar-refractivity contribution in [2.75, 3.05) is 7.11 Å². The maximum atomic E-state index is 13.1. The van der Waals surface area contributed by atoms with Gasteiger partial charge in [0, 0.05) is 31.1 Å². The van der Waals surface area contributed by atoms with Crippen LogP contribution in [0.5, 0.6) is 5.75 Å². The molecule has 1 amide bonds. The highest BCUT2D eigenvalue weighted by Gasteiger charge is 2.32. The molecule has 0 saturated heterocycles. The summed E-state index contributed by atoms with van der Waals surface area (Å²) in [5, 5.41) is 7.12. The third-order valence-corrected chi connectivity index (χ3v) is 4.92. The predicted octanol–water partition coefficient (Wildman–Crippen LogP) is 2.62. The van der Waals surface area contributed by atoms with E-state index in [0.29, 0.717) is 38.2 Å². The smallest absolute Gasteiger partial charge is 0.416 e. The second kappa shape index (κ2) is 8.30. The molecule has 2 aromatic rings. The van der Waals surface area contributed by atoms with E-state index in [1.165, 1.54) is 17.9 Å². The molecule has 10 heteroatoms. The zero-order valence-corrected chi connectivity index (χ0v) is 16.3. The number of alkyl halides is 3. The number of benzene rings is 1. The Morgan fingerprint density at radius 3 is 2.72 bits per heavy atom. The molecule has 0 bridgehead atoms. The SMILES string of the molecule is CCCn1nc2n(c1=O)CCC(NC(=O)c1cc(OC)cc(C(F)(F)F)c1)CC2. The first-order valence-corrected chi connectivity index (χ1v) is 9.46. The Labute approximate surface area is 165 Å². The van der Waals surface area contributed by atoms with Crippen molar-refractivity contribution in [3.8, 4) is 5.75 Å². The lowest BCUT2D eigenvalue weighted by Crippen LogP contribution is -2.36. The summed E-state index contributed by atoms with van der Waals surface area (Å²) in [4.78, 5) is 24.9. The molecule has 0 radical (unpaired) electrons. The van der Waals surface area contributed by atoms with Gasteiger partial charge >= 0.3 is 11.9 Å². The van der Waals surface area contributed by atoms with Crippen molar-refractivity contribution in [2.45, 2.75) is 57.9 Å². The second-order valence-electron chi connectivity index (χ2n) is 7.02. The van der Waals surface area contributed by atoms with Crippen LogP contribution in [0.15, 0.2) is 23.0 Å². The maximum absolute atomic E-state index is 13.1. The van der Waals surface area contributed by atoms with Crippen molar-refractivity contribution < 1.29 is 22.7 Å². The molecule has 7 nitrogen and oxygen atoms in total. The number of halogens is 3. The zero-order chi connectivity index (χ0) is 21.2. The molecule has 1 unspecified atom stereocenters. The first-order valence-electron chi connectivity index (χ1n) is 9.46. The first-order chi connectivity index (χ1) is 13.7. The van der Waals surface area contributed by atoms with E-state index in [-0.39, 0.29) is 23.0 Å². The summed E-state index contributed by atoms with van der Waals surface area (Å²) in [6, 6.07) is 2.66. The van der Waals surface area contributed by atoms with Crippen molar-refractivity contribution in [1.29, 1.82) is 0 Å². The highest BCUT2D eigenvalue weighted by molar-refractivity contribution is 5.95. The standard InChI is InChI=1S/C19H23F3N4O3/c1-3-7-26-18(28)25-8-6-14(4-5-16(25)24-26)23-17(27)12-9-13(19(20,21)22)11-15(10-12)29-2/h9-11,14H,3-8H2,1-2H3,(H,23,27). The summed E-state index contributed by atoms with van der Waals surface area (Å²) in [7, 11) is 1.25. The number of nitrogens with zero attached hydrogens (tertiary/aromatic N) is 3. The van der Waals surface area contributed by atoms with Gasteiger partial charge in [-0.15, -0.1) is 0 Å². The van der Waals surface area contributed by atoms with Crippen molar-refractivity contribution in [3.63, 3.8) is 0 Å². The number of carbonyl (C=O) groups excluding carboxylic acids is 1. The van der Waals surface area contributed by atoms with Gasteiger partial charge < -0.3 is 10.1 Å². The van der Waals surface area contributed by atoms with E-state index in [1.807, 2.05) is 6.92 Å². The Hall–Kier alpha value is -2.78. The van der Waals surface area contributed by atoms with Gasteiger partial charge in [-0.2, -0.15) is 18.3 Å². The lowest BCUT2D eigenvalue weighted by Gasteiger charge is -2.17. The topological polar surface area (TPSA) is 78.2 Å². The second-order valence-corrected chi connectivity index (χ2v) is 7.02. The molecule has 0 aliphatic carbocycles. The molecule has 3 rings (SSSR count). The number of ether oxygens (including phenoxy) is 1. The number of nitrogens with one attached hydrogen (secondary N) is 1. The van der Waals surface area contributed by atoms with Gasteiger partial charge in [-0.25, -0.2) is 9.48 Å². The highest BCUT2D eigenvalue weighted by Crippen LogP contribution is 2.32. The van der Waals surface area contributed by atoms with Crippen molar-refractivity contribution >= 4 is 5.91 Å². The Kier molecular flexibility index (Phi) is 5.99. The summed E-state index contributed by atoms with van der Waals surface area (Å²) in [5.41, 5.74) is -1.24. The number of hydrogen-bond acceptors (Lipinski definition) is 4. The van der Waals surface area contributed by atoms with E-state index in [4.69, 9.17) is 4.74 Å².